The van der Waals surface area contributed by atoms with E-state index in [1.54, 1.807) is 0 Å². The number of nitrogens with zero attached hydrogens (tertiary/aromatic N) is 1. The van der Waals surface area contributed by atoms with Crippen LogP contribution in [0.5, 0.6) is 0 Å². The van der Waals surface area contributed by atoms with Crippen molar-refractivity contribution in [1.82, 2.24) is 10.2 Å². The second-order valence-electron chi connectivity index (χ2n) is 7.32. The fraction of sp³-hybridized carbons (Fsp3) is 0.364. The lowest BCUT2D eigenvalue weighted by Crippen LogP contribution is -2.47. The van der Waals surface area contributed by atoms with Crippen molar-refractivity contribution in [1.29, 1.82) is 0 Å². The molecule has 2 fully saturated rings. The second-order valence-corrected chi connectivity index (χ2v) is 7.32. The summed E-state index contributed by atoms with van der Waals surface area (Å²) < 4.78 is 4.88. The third kappa shape index (κ3) is 3.47. The van der Waals surface area contributed by atoms with Crippen molar-refractivity contribution < 1.29 is 14.3 Å². The summed E-state index contributed by atoms with van der Waals surface area (Å²) in [5, 5.41) is 3.38. The quantitative estimate of drug-likeness (QED) is 0.826. The predicted octanol–water partition coefficient (Wildman–Crippen LogP) is 2.16. The van der Waals surface area contributed by atoms with Crippen LogP contribution in [0.1, 0.15) is 17.5 Å². The molecule has 1 N–H and O–H groups in total. The summed E-state index contributed by atoms with van der Waals surface area (Å²) in [6.45, 7) is 0.592. The van der Waals surface area contributed by atoms with Gasteiger partial charge < -0.3 is 9.64 Å². The molecule has 0 unspecified atom stereocenters. The number of fused-ring (bicyclic) bond motifs is 1. The van der Waals surface area contributed by atoms with Crippen LogP contribution < -0.4 is 5.32 Å². The maximum Gasteiger partial charge on any atom is 0.322 e. The van der Waals surface area contributed by atoms with Crippen molar-refractivity contribution >= 4 is 11.9 Å². The number of ether oxygens (including phenoxy) is 1. The number of rotatable bonds is 5. The number of methoxy groups -OCH3 is 1. The van der Waals surface area contributed by atoms with Gasteiger partial charge in [0.2, 0.25) is 5.91 Å². The zero-order chi connectivity index (χ0) is 18.8. The van der Waals surface area contributed by atoms with E-state index in [1.165, 1.54) is 12.7 Å². The van der Waals surface area contributed by atoms with E-state index in [-0.39, 0.29) is 29.9 Å². The molecule has 5 nitrogen and oxygen atoms in total. The first kappa shape index (κ1) is 17.7. The van der Waals surface area contributed by atoms with E-state index >= 15 is 0 Å². The van der Waals surface area contributed by atoms with Crippen LogP contribution in [0.2, 0.25) is 0 Å². The molecule has 2 saturated heterocycles. The lowest BCUT2D eigenvalue weighted by Gasteiger charge is -2.29. The van der Waals surface area contributed by atoms with E-state index in [2.05, 4.69) is 17.4 Å². The Labute approximate surface area is 159 Å². The van der Waals surface area contributed by atoms with Crippen molar-refractivity contribution in [2.75, 3.05) is 7.11 Å². The van der Waals surface area contributed by atoms with Crippen molar-refractivity contribution in [2.45, 2.75) is 37.5 Å². The lowest BCUT2D eigenvalue weighted by atomic mass is 9.95. The SMILES string of the molecule is COC(=O)[C@@H]1C[C@@H]2C(=O)N(Cc3ccccc3)[C@@H](Cc3ccccc3)[C@@H]2N1. The molecule has 2 aliphatic rings. The summed E-state index contributed by atoms with van der Waals surface area (Å²) in [4.78, 5) is 27.1. The molecule has 0 radical (unpaired) electrons. The maximum atomic E-state index is 13.2. The van der Waals surface area contributed by atoms with E-state index in [0.717, 1.165) is 12.0 Å². The van der Waals surface area contributed by atoms with Crippen LogP contribution >= 0.6 is 0 Å². The van der Waals surface area contributed by atoms with E-state index < -0.39 is 6.04 Å². The van der Waals surface area contributed by atoms with Gasteiger partial charge >= 0.3 is 5.97 Å². The van der Waals surface area contributed by atoms with Gasteiger partial charge in [0.1, 0.15) is 6.04 Å². The Balaban J connectivity index is 1.60. The lowest BCUT2D eigenvalue weighted by molar-refractivity contribution is -0.143. The van der Waals surface area contributed by atoms with Gasteiger partial charge in [-0.3, -0.25) is 14.9 Å². The largest absolute Gasteiger partial charge is 0.468 e. The highest BCUT2D eigenvalue weighted by atomic mass is 16.5. The Kier molecular flexibility index (Phi) is 4.94. The van der Waals surface area contributed by atoms with Gasteiger partial charge in [0.25, 0.3) is 0 Å². The second kappa shape index (κ2) is 7.53. The first-order valence-electron chi connectivity index (χ1n) is 9.39. The van der Waals surface area contributed by atoms with Crippen molar-refractivity contribution in [2.24, 2.45) is 5.92 Å². The molecule has 2 aromatic rings. The molecular formula is C22H24N2O3. The average Bonchev–Trinajstić information content (AvgIpc) is 3.24. The maximum absolute atomic E-state index is 13.2. The highest BCUT2D eigenvalue weighted by Gasteiger charge is 2.53. The van der Waals surface area contributed by atoms with Crippen molar-refractivity contribution in [3.05, 3.63) is 71.8 Å². The minimum absolute atomic E-state index is 0.0137. The standard InChI is InChI=1S/C22H24N2O3/c1-27-22(26)18-13-17-20(23-18)19(12-15-8-4-2-5-9-15)24(21(17)25)14-16-10-6-3-7-11-16/h2-11,17-20,23H,12-14H2,1H3/t17-,18-,19-,20+/m0/s1. The Bertz CT molecular complexity index is 809. The van der Waals surface area contributed by atoms with E-state index in [4.69, 9.17) is 4.74 Å². The number of carbonyl (C=O) groups excluding carboxylic acids is 2. The van der Waals surface area contributed by atoms with Gasteiger partial charge in [-0.25, -0.2) is 0 Å². The molecule has 0 bridgehead atoms. The number of nitrogens with one attached hydrogen (secondary N) is 1. The molecular weight excluding hydrogens is 340 g/mol. The van der Waals surface area contributed by atoms with Crippen molar-refractivity contribution in [3.63, 3.8) is 0 Å². The molecule has 2 aromatic carbocycles. The number of carbonyl (C=O) groups is 2. The number of hydrogen-bond acceptors (Lipinski definition) is 4. The highest BCUT2D eigenvalue weighted by Crippen LogP contribution is 2.36. The molecule has 140 valence electrons. The number of likely N-dealkylation sites (tertiary alicyclic amines) is 1. The third-order valence-corrected chi connectivity index (χ3v) is 5.70. The Morgan fingerprint density at radius 1 is 1.07 bits per heavy atom. The van der Waals surface area contributed by atoms with Gasteiger partial charge in [0.05, 0.1) is 19.1 Å². The average molecular weight is 364 g/mol. The van der Waals surface area contributed by atoms with Gasteiger partial charge in [-0.05, 0) is 24.0 Å². The smallest absolute Gasteiger partial charge is 0.322 e. The molecule has 2 heterocycles. The van der Waals surface area contributed by atoms with Crippen LogP contribution in [-0.2, 0) is 27.3 Å². The minimum atomic E-state index is -0.397. The minimum Gasteiger partial charge on any atom is -0.468 e. The predicted molar refractivity (Wildman–Crippen MR) is 102 cm³/mol. The summed E-state index contributed by atoms with van der Waals surface area (Å²) >= 11 is 0. The van der Waals surface area contributed by atoms with Gasteiger partial charge in [0, 0.05) is 12.6 Å². The van der Waals surface area contributed by atoms with E-state index in [0.29, 0.717) is 13.0 Å². The number of benzene rings is 2. The molecule has 4 atom stereocenters. The summed E-state index contributed by atoms with van der Waals surface area (Å²) in [6, 6.07) is 19.9. The van der Waals surface area contributed by atoms with Gasteiger partial charge in [0.15, 0.2) is 0 Å². The highest BCUT2D eigenvalue weighted by molar-refractivity contribution is 5.86. The summed E-state index contributed by atoms with van der Waals surface area (Å²) in [5.74, 6) is -0.333. The van der Waals surface area contributed by atoms with E-state index in [9.17, 15) is 9.59 Å². The fourth-order valence-electron chi connectivity index (χ4n) is 4.40. The molecule has 27 heavy (non-hydrogen) atoms. The fourth-order valence-corrected chi connectivity index (χ4v) is 4.40. The Morgan fingerprint density at radius 2 is 1.70 bits per heavy atom. The van der Waals surface area contributed by atoms with Gasteiger partial charge in [-0.1, -0.05) is 60.7 Å². The normalized spacial score (nSPS) is 26.9. The van der Waals surface area contributed by atoms with Gasteiger partial charge in [-0.2, -0.15) is 0 Å². The van der Waals surface area contributed by atoms with E-state index in [1.807, 2.05) is 53.4 Å². The Hall–Kier alpha value is -2.66. The first-order chi connectivity index (χ1) is 13.2. The summed E-state index contributed by atoms with van der Waals surface area (Å²) in [7, 11) is 1.39. The zero-order valence-electron chi connectivity index (χ0n) is 15.4. The molecule has 0 saturated carbocycles. The third-order valence-electron chi connectivity index (χ3n) is 5.70. The number of esters is 1. The molecule has 0 aliphatic carbocycles. The molecule has 0 aromatic heterocycles. The van der Waals surface area contributed by atoms with Crippen LogP contribution in [0.25, 0.3) is 0 Å². The molecule has 0 spiro atoms. The van der Waals surface area contributed by atoms with Crippen LogP contribution in [-0.4, -0.2) is 42.0 Å². The monoisotopic (exact) mass is 364 g/mol. The summed E-state index contributed by atoms with van der Waals surface area (Å²) in [6.07, 6.45) is 1.27. The number of amides is 1. The molecule has 5 heteroatoms. The van der Waals surface area contributed by atoms with Crippen LogP contribution in [0, 0.1) is 5.92 Å². The van der Waals surface area contributed by atoms with Crippen LogP contribution in [0.4, 0.5) is 0 Å². The molecule has 4 rings (SSSR count). The van der Waals surface area contributed by atoms with Crippen LogP contribution in [0.3, 0.4) is 0 Å². The molecule has 2 aliphatic heterocycles. The topological polar surface area (TPSA) is 58.6 Å². The summed E-state index contributed by atoms with van der Waals surface area (Å²) in [5.41, 5.74) is 2.31. The van der Waals surface area contributed by atoms with Gasteiger partial charge in [-0.15, -0.1) is 0 Å². The van der Waals surface area contributed by atoms with Crippen LogP contribution in [0.15, 0.2) is 60.7 Å². The van der Waals surface area contributed by atoms with Crippen molar-refractivity contribution in [3.8, 4) is 0 Å². The Morgan fingerprint density at radius 3 is 2.33 bits per heavy atom. The molecule has 1 amide bonds. The number of hydrogen-bond donors (Lipinski definition) is 1. The zero-order valence-corrected chi connectivity index (χ0v) is 15.4. The first-order valence-corrected chi connectivity index (χ1v) is 9.39.